The normalized spacial score (nSPS) is 9.58. The van der Waals surface area contributed by atoms with Crippen LogP contribution in [0.3, 0.4) is 0 Å². The number of hydrazine groups is 2. The number of carbonyl (C=O) groups excluding carboxylic acids is 1. The van der Waals surface area contributed by atoms with Gasteiger partial charge in [-0.2, -0.15) is 0 Å². The summed E-state index contributed by atoms with van der Waals surface area (Å²) in [5, 5.41) is 0.531. The van der Waals surface area contributed by atoms with Crippen molar-refractivity contribution in [1.29, 1.82) is 0 Å². The third-order valence-electron chi connectivity index (χ3n) is 1.06. The summed E-state index contributed by atoms with van der Waals surface area (Å²) in [7, 11) is 0. The second-order valence-electron chi connectivity index (χ2n) is 1.94. The Morgan fingerprint density at radius 2 is 2.17 bits per heavy atom. The number of amides is 1. The standard InChI is InChI=1S/C5H6ClN5O/c6-4-2-9-1-3(10-4)5(12)11(7)8/h1-2H,7-8H2. The van der Waals surface area contributed by atoms with Crippen molar-refractivity contribution >= 4 is 17.5 Å². The molecular weight excluding hydrogens is 182 g/mol. The van der Waals surface area contributed by atoms with Crippen LogP contribution in [-0.2, 0) is 0 Å². The van der Waals surface area contributed by atoms with E-state index in [1.54, 1.807) is 0 Å². The maximum atomic E-state index is 11.0. The summed E-state index contributed by atoms with van der Waals surface area (Å²) >= 11 is 5.47. The Bertz CT molecular complexity index is 302. The lowest BCUT2D eigenvalue weighted by Gasteiger charge is -2.07. The first-order valence-corrected chi connectivity index (χ1v) is 3.30. The van der Waals surface area contributed by atoms with Crippen molar-refractivity contribution in [2.75, 3.05) is 0 Å². The molecule has 0 fully saturated rings. The molecule has 0 unspecified atom stereocenters. The van der Waals surface area contributed by atoms with E-state index in [0.717, 1.165) is 0 Å². The Morgan fingerprint density at radius 1 is 1.50 bits per heavy atom. The molecule has 0 saturated carbocycles. The highest BCUT2D eigenvalue weighted by Gasteiger charge is 2.10. The lowest BCUT2D eigenvalue weighted by molar-refractivity contribution is 0.0749. The highest BCUT2D eigenvalue weighted by molar-refractivity contribution is 6.29. The fourth-order valence-corrected chi connectivity index (χ4v) is 0.725. The molecule has 1 aromatic heterocycles. The zero-order chi connectivity index (χ0) is 9.14. The summed E-state index contributed by atoms with van der Waals surface area (Å²) in [6.07, 6.45) is 2.52. The van der Waals surface area contributed by atoms with Crippen molar-refractivity contribution in [1.82, 2.24) is 15.1 Å². The van der Waals surface area contributed by atoms with Gasteiger partial charge in [0.1, 0.15) is 5.15 Å². The Balaban J connectivity index is 2.96. The molecule has 0 aliphatic heterocycles. The van der Waals surface area contributed by atoms with E-state index >= 15 is 0 Å². The van der Waals surface area contributed by atoms with Gasteiger partial charge in [0.15, 0.2) is 5.69 Å². The summed E-state index contributed by atoms with van der Waals surface area (Å²) in [5.41, 5.74) is 0.00694. The smallest absolute Gasteiger partial charge is 0.264 e. The molecule has 1 amide bonds. The van der Waals surface area contributed by atoms with E-state index in [2.05, 4.69) is 9.97 Å². The first kappa shape index (κ1) is 8.85. The molecule has 0 aliphatic carbocycles. The zero-order valence-corrected chi connectivity index (χ0v) is 6.69. The number of hydrogen-bond donors (Lipinski definition) is 2. The van der Waals surface area contributed by atoms with Crippen LogP contribution >= 0.6 is 11.6 Å². The van der Waals surface area contributed by atoms with E-state index in [-0.39, 0.29) is 10.8 Å². The molecule has 0 aliphatic rings. The first-order valence-electron chi connectivity index (χ1n) is 2.92. The third kappa shape index (κ3) is 1.88. The molecule has 1 heterocycles. The van der Waals surface area contributed by atoms with E-state index < -0.39 is 5.91 Å². The fourth-order valence-electron chi connectivity index (χ4n) is 0.577. The van der Waals surface area contributed by atoms with Gasteiger partial charge in [-0.3, -0.25) is 9.78 Å². The van der Waals surface area contributed by atoms with Crippen molar-refractivity contribution in [2.24, 2.45) is 11.7 Å². The minimum absolute atomic E-state index is 0.00694. The lowest BCUT2D eigenvalue weighted by atomic mass is 10.4. The number of nitrogens with two attached hydrogens (primary N) is 2. The molecule has 1 aromatic rings. The number of carbonyl (C=O) groups is 1. The van der Waals surface area contributed by atoms with Gasteiger partial charge < -0.3 is 0 Å². The monoisotopic (exact) mass is 187 g/mol. The molecule has 12 heavy (non-hydrogen) atoms. The number of aromatic nitrogens is 2. The number of nitrogens with zero attached hydrogens (tertiary/aromatic N) is 3. The van der Waals surface area contributed by atoms with E-state index in [0.29, 0.717) is 5.12 Å². The molecule has 4 N–H and O–H groups in total. The molecule has 0 spiro atoms. The fraction of sp³-hybridized carbons (Fsp3) is 0. The van der Waals surface area contributed by atoms with Crippen LogP contribution in [-0.4, -0.2) is 21.0 Å². The Kier molecular flexibility index (Phi) is 2.54. The summed E-state index contributed by atoms with van der Waals surface area (Å²) in [4.78, 5) is 18.3. The molecular formula is C5H6ClN5O. The van der Waals surface area contributed by atoms with Gasteiger partial charge in [0.2, 0.25) is 0 Å². The van der Waals surface area contributed by atoms with Gasteiger partial charge in [-0.05, 0) is 0 Å². The molecule has 0 saturated heterocycles. The van der Waals surface area contributed by atoms with Crippen molar-refractivity contribution in [3.63, 3.8) is 0 Å². The van der Waals surface area contributed by atoms with Gasteiger partial charge in [-0.15, -0.1) is 0 Å². The highest BCUT2D eigenvalue weighted by atomic mass is 35.5. The van der Waals surface area contributed by atoms with Crippen LogP contribution in [0.2, 0.25) is 5.15 Å². The number of hydrogen-bond acceptors (Lipinski definition) is 5. The largest absolute Gasteiger partial charge is 0.302 e. The maximum absolute atomic E-state index is 11.0. The Hall–Kier alpha value is -1.24. The minimum atomic E-state index is -0.648. The molecule has 0 atom stereocenters. The van der Waals surface area contributed by atoms with Crippen LogP contribution in [0.1, 0.15) is 10.5 Å². The Labute approximate surface area is 73.1 Å². The molecule has 0 radical (unpaired) electrons. The number of rotatable bonds is 1. The van der Waals surface area contributed by atoms with Crippen LogP contribution < -0.4 is 11.7 Å². The molecule has 64 valence electrons. The van der Waals surface area contributed by atoms with Crippen LogP contribution in [0, 0.1) is 0 Å². The SMILES string of the molecule is NN(N)C(=O)c1cncc(Cl)n1. The molecule has 6 nitrogen and oxygen atoms in total. The predicted octanol–water partition coefficient (Wildman–Crippen LogP) is -0.680. The summed E-state index contributed by atoms with van der Waals surface area (Å²) in [6.45, 7) is 0. The molecule has 7 heteroatoms. The van der Waals surface area contributed by atoms with Crippen LogP contribution in [0.15, 0.2) is 12.4 Å². The molecule has 0 aromatic carbocycles. The highest BCUT2D eigenvalue weighted by Crippen LogP contribution is 2.02. The van der Waals surface area contributed by atoms with E-state index in [4.69, 9.17) is 23.3 Å². The van der Waals surface area contributed by atoms with Crippen LogP contribution in [0.5, 0.6) is 0 Å². The summed E-state index contributed by atoms with van der Waals surface area (Å²) < 4.78 is 0. The van der Waals surface area contributed by atoms with E-state index in [1.807, 2.05) is 0 Å². The van der Waals surface area contributed by atoms with E-state index in [9.17, 15) is 4.79 Å². The lowest BCUT2D eigenvalue weighted by Crippen LogP contribution is -2.43. The Morgan fingerprint density at radius 3 is 2.67 bits per heavy atom. The van der Waals surface area contributed by atoms with Crippen LogP contribution in [0.4, 0.5) is 0 Å². The molecule has 1 rings (SSSR count). The predicted molar refractivity (Wildman–Crippen MR) is 41.6 cm³/mol. The van der Waals surface area contributed by atoms with Gasteiger partial charge in [0, 0.05) is 0 Å². The van der Waals surface area contributed by atoms with Crippen molar-refractivity contribution in [3.8, 4) is 0 Å². The van der Waals surface area contributed by atoms with Gasteiger partial charge in [0.05, 0.1) is 12.4 Å². The van der Waals surface area contributed by atoms with Crippen LogP contribution in [0.25, 0.3) is 0 Å². The average molecular weight is 188 g/mol. The quantitative estimate of drug-likeness (QED) is 0.345. The zero-order valence-electron chi connectivity index (χ0n) is 5.94. The van der Waals surface area contributed by atoms with Gasteiger partial charge in [-0.1, -0.05) is 11.6 Å². The molecule has 0 bridgehead atoms. The number of halogens is 1. The second kappa shape index (κ2) is 3.44. The second-order valence-corrected chi connectivity index (χ2v) is 2.33. The van der Waals surface area contributed by atoms with Crippen molar-refractivity contribution < 1.29 is 4.79 Å². The van der Waals surface area contributed by atoms with Gasteiger partial charge >= 0.3 is 5.91 Å². The van der Waals surface area contributed by atoms with Gasteiger partial charge in [-0.25, -0.2) is 21.8 Å². The first-order chi connectivity index (χ1) is 5.61. The van der Waals surface area contributed by atoms with Gasteiger partial charge in [0.25, 0.3) is 0 Å². The minimum Gasteiger partial charge on any atom is -0.264 e. The summed E-state index contributed by atoms with van der Waals surface area (Å²) in [5.74, 6) is 9.29. The van der Waals surface area contributed by atoms with Crippen molar-refractivity contribution in [2.45, 2.75) is 0 Å². The summed E-state index contributed by atoms with van der Waals surface area (Å²) in [6, 6.07) is 0. The topological polar surface area (TPSA) is 98.1 Å². The third-order valence-corrected chi connectivity index (χ3v) is 1.24. The maximum Gasteiger partial charge on any atom is 0.302 e. The average Bonchev–Trinajstić information content (AvgIpc) is 2.03. The van der Waals surface area contributed by atoms with Crippen molar-refractivity contribution in [3.05, 3.63) is 23.2 Å². The van der Waals surface area contributed by atoms with E-state index in [1.165, 1.54) is 12.4 Å².